The van der Waals surface area contributed by atoms with Crippen molar-refractivity contribution < 1.29 is 9.90 Å². The van der Waals surface area contributed by atoms with Gasteiger partial charge in [0.05, 0.1) is 5.92 Å². The van der Waals surface area contributed by atoms with Gasteiger partial charge < -0.3 is 10.8 Å². The second kappa shape index (κ2) is 6.00. The molecule has 0 heterocycles. The summed E-state index contributed by atoms with van der Waals surface area (Å²) in [5.41, 5.74) is 5.73. The van der Waals surface area contributed by atoms with E-state index in [1.54, 1.807) is 0 Å². The number of carboxylic acid groups (broad SMARTS) is 1. The van der Waals surface area contributed by atoms with Crippen molar-refractivity contribution in [1.82, 2.24) is 0 Å². The van der Waals surface area contributed by atoms with Crippen LogP contribution in [0, 0.1) is 5.92 Å². The van der Waals surface area contributed by atoms with E-state index in [1.807, 2.05) is 6.08 Å². The normalized spacial score (nSPS) is 30.8. The molecule has 0 amide bonds. The number of nitrogens with two attached hydrogens (primary N) is 1. The fraction of sp³-hybridized carbons (Fsp3) is 0.667. The van der Waals surface area contributed by atoms with Gasteiger partial charge in [-0.05, 0) is 25.7 Å². The van der Waals surface area contributed by atoms with Crippen LogP contribution in [-0.4, -0.2) is 17.1 Å². The Balaban J connectivity index is 0.00000144. The van der Waals surface area contributed by atoms with Crippen molar-refractivity contribution in [3.8, 4) is 0 Å². The van der Waals surface area contributed by atoms with Gasteiger partial charge in [-0.3, -0.25) is 4.79 Å². The summed E-state index contributed by atoms with van der Waals surface area (Å²) < 4.78 is 0. The Morgan fingerprint density at radius 3 is 2.38 bits per heavy atom. The number of carbonyl (C=O) groups is 1. The molecule has 0 unspecified atom stereocenters. The lowest BCUT2D eigenvalue weighted by Crippen LogP contribution is -2.35. The van der Waals surface area contributed by atoms with E-state index in [2.05, 4.69) is 6.08 Å². The highest BCUT2D eigenvalue weighted by atomic mass is 35.5. The van der Waals surface area contributed by atoms with Crippen LogP contribution in [0.25, 0.3) is 0 Å². The van der Waals surface area contributed by atoms with Gasteiger partial charge in [-0.2, -0.15) is 0 Å². The van der Waals surface area contributed by atoms with E-state index in [9.17, 15) is 4.79 Å². The van der Waals surface area contributed by atoms with Gasteiger partial charge in [-0.25, -0.2) is 0 Å². The van der Waals surface area contributed by atoms with Crippen molar-refractivity contribution in [3.05, 3.63) is 12.2 Å². The minimum atomic E-state index is -0.752. The summed E-state index contributed by atoms with van der Waals surface area (Å²) in [5, 5.41) is 8.82. The number of hydrogen-bond acceptors (Lipinski definition) is 2. The SMILES string of the molecule is Cl.N[C@@H]1CC/C=C\CC[C@@H]1C(=O)O. The lowest BCUT2D eigenvalue weighted by atomic mass is 9.90. The Bertz CT molecular complexity index is 194. The number of rotatable bonds is 1. The van der Waals surface area contributed by atoms with E-state index >= 15 is 0 Å². The number of allylic oxidation sites excluding steroid dienone is 2. The van der Waals surface area contributed by atoms with Crippen LogP contribution in [0.2, 0.25) is 0 Å². The Hall–Kier alpha value is -0.540. The first-order chi connectivity index (χ1) is 5.72. The molecule has 0 radical (unpaired) electrons. The molecule has 0 spiro atoms. The molecule has 2 atom stereocenters. The Kier molecular flexibility index (Phi) is 5.75. The molecule has 0 aromatic carbocycles. The molecule has 3 N–H and O–H groups in total. The van der Waals surface area contributed by atoms with Crippen LogP contribution < -0.4 is 5.73 Å². The zero-order valence-corrected chi connectivity index (χ0v) is 8.30. The van der Waals surface area contributed by atoms with Crippen molar-refractivity contribution >= 4 is 18.4 Å². The maximum atomic E-state index is 10.7. The summed E-state index contributed by atoms with van der Waals surface area (Å²) >= 11 is 0. The summed E-state index contributed by atoms with van der Waals surface area (Å²) in [5.74, 6) is -1.10. The maximum absolute atomic E-state index is 10.7. The highest BCUT2D eigenvalue weighted by Crippen LogP contribution is 2.17. The molecule has 4 heteroatoms. The molecule has 1 aliphatic carbocycles. The van der Waals surface area contributed by atoms with E-state index in [0.717, 1.165) is 19.3 Å². The van der Waals surface area contributed by atoms with Crippen molar-refractivity contribution in [1.29, 1.82) is 0 Å². The van der Waals surface area contributed by atoms with E-state index < -0.39 is 5.97 Å². The van der Waals surface area contributed by atoms with Gasteiger partial charge in [0.2, 0.25) is 0 Å². The highest BCUT2D eigenvalue weighted by Gasteiger charge is 2.24. The van der Waals surface area contributed by atoms with Gasteiger partial charge in [0.1, 0.15) is 0 Å². The Morgan fingerprint density at radius 1 is 1.31 bits per heavy atom. The fourth-order valence-corrected chi connectivity index (χ4v) is 1.52. The predicted molar refractivity (Wildman–Crippen MR) is 54.0 cm³/mol. The second-order valence-corrected chi connectivity index (χ2v) is 3.23. The average Bonchev–Trinajstić information content (AvgIpc) is 1.96. The molecule has 0 fully saturated rings. The highest BCUT2D eigenvalue weighted by molar-refractivity contribution is 5.85. The summed E-state index contributed by atoms with van der Waals surface area (Å²) in [6.07, 6.45) is 7.33. The van der Waals surface area contributed by atoms with E-state index in [4.69, 9.17) is 10.8 Å². The van der Waals surface area contributed by atoms with Gasteiger partial charge in [-0.15, -0.1) is 12.4 Å². The largest absolute Gasteiger partial charge is 0.481 e. The molecule has 0 bridgehead atoms. The molecule has 1 rings (SSSR count). The maximum Gasteiger partial charge on any atom is 0.308 e. The molecule has 13 heavy (non-hydrogen) atoms. The van der Waals surface area contributed by atoms with E-state index in [-0.39, 0.29) is 24.4 Å². The Labute approximate surface area is 84.4 Å². The van der Waals surface area contributed by atoms with Crippen LogP contribution in [0.15, 0.2) is 12.2 Å². The monoisotopic (exact) mass is 205 g/mol. The first-order valence-electron chi connectivity index (χ1n) is 4.35. The fourth-order valence-electron chi connectivity index (χ4n) is 1.52. The summed E-state index contributed by atoms with van der Waals surface area (Å²) in [6.45, 7) is 0. The number of halogens is 1. The van der Waals surface area contributed by atoms with Gasteiger partial charge in [0.25, 0.3) is 0 Å². The number of aliphatic carboxylic acids is 1. The molecule has 0 saturated heterocycles. The first kappa shape index (κ1) is 12.5. The van der Waals surface area contributed by atoms with Crippen LogP contribution in [0.3, 0.4) is 0 Å². The van der Waals surface area contributed by atoms with Crippen molar-refractivity contribution in [2.75, 3.05) is 0 Å². The zero-order chi connectivity index (χ0) is 8.97. The van der Waals surface area contributed by atoms with Gasteiger partial charge >= 0.3 is 5.97 Å². The van der Waals surface area contributed by atoms with Gasteiger partial charge in [0.15, 0.2) is 0 Å². The summed E-state index contributed by atoms with van der Waals surface area (Å²) in [7, 11) is 0. The molecule has 0 aromatic rings. The molecular formula is C9H16ClNO2. The van der Waals surface area contributed by atoms with Crippen molar-refractivity contribution in [2.45, 2.75) is 31.7 Å². The first-order valence-corrected chi connectivity index (χ1v) is 4.35. The van der Waals surface area contributed by atoms with Gasteiger partial charge in [-0.1, -0.05) is 12.2 Å². The van der Waals surface area contributed by atoms with Crippen LogP contribution >= 0.6 is 12.4 Å². The third-order valence-electron chi connectivity index (χ3n) is 2.31. The molecule has 1 aliphatic rings. The standard InChI is InChI=1S/C9H15NO2.ClH/c10-8-6-4-2-1-3-5-7(8)9(11)12;/h1-2,7-8H,3-6,10H2,(H,11,12);1H/b2-1-;/t7-,8+;/m0./s1. The minimum absolute atomic E-state index is 0. The van der Waals surface area contributed by atoms with Gasteiger partial charge in [0, 0.05) is 6.04 Å². The lowest BCUT2D eigenvalue weighted by molar-refractivity contribution is -0.142. The summed E-state index contributed by atoms with van der Waals surface area (Å²) in [6, 6.07) is -0.174. The summed E-state index contributed by atoms with van der Waals surface area (Å²) in [4.78, 5) is 10.7. The zero-order valence-electron chi connectivity index (χ0n) is 7.48. The lowest BCUT2D eigenvalue weighted by Gasteiger charge is -2.20. The Morgan fingerprint density at radius 2 is 1.85 bits per heavy atom. The second-order valence-electron chi connectivity index (χ2n) is 3.23. The topological polar surface area (TPSA) is 63.3 Å². The molecule has 0 saturated carbocycles. The smallest absolute Gasteiger partial charge is 0.308 e. The average molecular weight is 206 g/mol. The predicted octanol–water partition coefficient (Wildman–Crippen LogP) is 1.57. The van der Waals surface area contributed by atoms with Crippen LogP contribution in [0.5, 0.6) is 0 Å². The minimum Gasteiger partial charge on any atom is -0.481 e. The molecule has 76 valence electrons. The van der Waals surface area contributed by atoms with Crippen LogP contribution in [0.1, 0.15) is 25.7 Å². The number of carboxylic acids is 1. The third-order valence-corrected chi connectivity index (χ3v) is 2.31. The van der Waals surface area contributed by atoms with E-state index in [0.29, 0.717) is 6.42 Å². The molecule has 0 aliphatic heterocycles. The quantitative estimate of drug-likeness (QED) is 0.639. The molecule has 0 aromatic heterocycles. The molecular weight excluding hydrogens is 190 g/mol. The van der Waals surface area contributed by atoms with Crippen LogP contribution in [0.4, 0.5) is 0 Å². The van der Waals surface area contributed by atoms with E-state index in [1.165, 1.54) is 0 Å². The molecule has 3 nitrogen and oxygen atoms in total. The number of hydrogen-bond donors (Lipinski definition) is 2. The third kappa shape index (κ3) is 3.79. The van der Waals surface area contributed by atoms with Crippen molar-refractivity contribution in [3.63, 3.8) is 0 Å². The van der Waals surface area contributed by atoms with Crippen molar-refractivity contribution in [2.24, 2.45) is 11.7 Å². The van der Waals surface area contributed by atoms with Crippen LogP contribution in [-0.2, 0) is 4.79 Å².